The quantitative estimate of drug-likeness (QED) is 0.870. The van der Waals surface area contributed by atoms with Gasteiger partial charge in [0.1, 0.15) is 6.04 Å². The maximum atomic E-state index is 13.0. The minimum atomic E-state index is -4.65. The normalized spacial score (nSPS) is 12.3. The van der Waals surface area contributed by atoms with Crippen molar-refractivity contribution in [2.24, 2.45) is 0 Å². The molecule has 0 fully saturated rings. The number of hydrogen-bond donors (Lipinski definition) is 2. The summed E-state index contributed by atoms with van der Waals surface area (Å²) in [5, 5.41) is 4.92. The average Bonchev–Trinajstić information content (AvgIpc) is 2.59. The predicted octanol–water partition coefficient (Wildman–Crippen LogP) is 3.14. The van der Waals surface area contributed by atoms with Gasteiger partial charge in [0.25, 0.3) is 5.91 Å². The Morgan fingerprint density at radius 2 is 1.60 bits per heavy atom. The molecule has 0 saturated heterocycles. The van der Waals surface area contributed by atoms with Crippen LogP contribution in [0, 0.1) is 0 Å². The lowest BCUT2D eigenvalue weighted by Gasteiger charge is -2.16. The standard InChI is InChI=1S/C18H17F3N2O2/c1-12(16(24)22-11-13-7-3-2-4-8-13)23-17(25)14-9-5-6-10-15(14)18(19,20)21/h2-10,12H,11H2,1H3,(H,22,24)(H,23,25). The van der Waals surface area contributed by atoms with Gasteiger partial charge in [-0.3, -0.25) is 9.59 Å². The summed E-state index contributed by atoms with van der Waals surface area (Å²) >= 11 is 0. The molecular formula is C18H17F3N2O2. The molecule has 2 rings (SSSR count). The Morgan fingerprint density at radius 3 is 2.24 bits per heavy atom. The van der Waals surface area contributed by atoms with Gasteiger partial charge in [-0.05, 0) is 24.6 Å². The van der Waals surface area contributed by atoms with Crippen molar-refractivity contribution < 1.29 is 22.8 Å². The van der Waals surface area contributed by atoms with E-state index in [1.807, 2.05) is 30.3 Å². The minimum absolute atomic E-state index is 0.263. The number of rotatable bonds is 5. The van der Waals surface area contributed by atoms with E-state index in [0.29, 0.717) is 0 Å². The van der Waals surface area contributed by atoms with Gasteiger partial charge in [-0.15, -0.1) is 0 Å². The molecule has 25 heavy (non-hydrogen) atoms. The van der Waals surface area contributed by atoms with Crippen LogP contribution in [0.5, 0.6) is 0 Å². The van der Waals surface area contributed by atoms with Crippen molar-refractivity contribution >= 4 is 11.8 Å². The molecule has 2 amide bonds. The molecule has 1 unspecified atom stereocenters. The summed E-state index contributed by atoms with van der Waals surface area (Å²) in [5.41, 5.74) is -0.682. The molecule has 0 spiro atoms. The molecule has 2 N–H and O–H groups in total. The summed E-state index contributed by atoms with van der Waals surface area (Å²) in [6, 6.07) is 12.6. The molecule has 132 valence electrons. The number of carbonyl (C=O) groups is 2. The van der Waals surface area contributed by atoms with Crippen molar-refractivity contribution in [1.29, 1.82) is 0 Å². The topological polar surface area (TPSA) is 58.2 Å². The van der Waals surface area contributed by atoms with Crippen LogP contribution in [0.15, 0.2) is 54.6 Å². The number of carbonyl (C=O) groups excluding carboxylic acids is 2. The van der Waals surface area contributed by atoms with Gasteiger partial charge in [-0.25, -0.2) is 0 Å². The predicted molar refractivity (Wildman–Crippen MR) is 86.7 cm³/mol. The Labute approximate surface area is 143 Å². The summed E-state index contributed by atoms with van der Waals surface area (Å²) in [6.45, 7) is 1.67. The van der Waals surface area contributed by atoms with E-state index in [2.05, 4.69) is 10.6 Å². The molecule has 0 aliphatic heterocycles. The van der Waals surface area contributed by atoms with E-state index in [1.54, 1.807) is 0 Å². The lowest BCUT2D eigenvalue weighted by atomic mass is 10.1. The molecule has 2 aromatic rings. The number of hydrogen-bond acceptors (Lipinski definition) is 2. The molecular weight excluding hydrogens is 333 g/mol. The third-order valence-corrected chi connectivity index (χ3v) is 3.53. The zero-order valence-electron chi connectivity index (χ0n) is 13.4. The average molecular weight is 350 g/mol. The van der Waals surface area contributed by atoms with Crippen molar-refractivity contribution in [3.05, 3.63) is 71.3 Å². The maximum Gasteiger partial charge on any atom is 0.417 e. The van der Waals surface area contributed by atoms with Gasteiger partial charge in [0.05, 0.1) is 11.1 Å². The number of amides is 2. The molecule has 2 aromatic carbocycles. The largest absolute Gasteiger partial charge is 0.417 e. The fraction of sp³-hybridized carbons (Fsp3) is 0.222. The molecule has 0 radical (unpaired) electrons. The Balaban J connectivity index is 1.99. The molecule has 0 aromatic heterocycles. The van der Waals surface area contributed by atoms with Gasteiger partial charge >= 0.3 is 6.18 Å². The second kappa shape index (κ2) is 7.83. The smallest absolute Gasteiger partial charge is 0.350 e. The van der Waals surface area contributed by atoms with Crippen LogP contribution in [0.25, 0.3) is 0 Å². The lowest BCUT2D eigenvalue weighted by Crippen LogP contribution is -2.44. The van der Waals surface area contributed by atoms with Crippen LogP contribution >= 0.6 is 0 Å². The van der Waals surface area contributed by atoms with E-state index in [-0.39, 0.29) is 6.54 Å². The third-order valence-electron chi connectivity index (χ3n) is 3.53. The van der Waals surface area contributed by atoms with Crippen LogP contribution in [0.2, 0.25) is 0 Å². The fourth-order valence-electron chi connectivity index (χ4n) is 2.21. The molecule has 0 aliphatic rings. The highest BCUT2D eigenvalue weighted by Gasteiger charge is 2.35. The van der Waals surface area contributed by atoms with E-state index in [1.165, 1.54) is 19.1 Å². The first-order valence-electron chi connectivity index (χ1n) is 7.58. The zero-order valence-corrected chi connectivity index (χ0v) is 13.4. The number of nitrogens with one attached hydrogen (secondary N) is 2. The molecule has 0 bridgehead atoms. The van der Waals surface area contributed by atoms with Crippen molar-refractivity contribution in [3.8, 4) is 0 Å². The Bertz CT molecular complexity index is 745. The number of benzene rings is 2. The summed E-state index contributed by atoms with van der Waals surface area (Å²) in [4.78, 5) is 24.1. The van der Waals surface area contributed by atoms with Crippen LogP contribution < -0.4 is 10.6 Å². The second-order valence-electron chi connectivity index (χ2n) is 5.44. The zero-order chi connectivity index (χ0) is 18.4. The molecule has 7 heteroatoms. The van der Waals surface area contributed by atoms with E-state index >= 15 is 0 Å². The first-order chi connectivity index (χ1) is 11.8. The Morgan fingerprint density at radius 1 is 1.00 bits per heavy atom. The summed E-state index contributed by atoms with van der Waals surface area (Å²) in [6.07, 6.45) is -4.65. The monoisotopic (exact) mass is 350 g/mol. The van der Waals surface area contributed by atoms with E-state index in [4.69, 9.17) is 0 Å². The number of halogens is 3. The van der Waals surface area contributed by atoms with E-state index in [0.717, 1.165) is 17.7 Å². The lowest BCUT2D eigenvalue weighted by molar-refractivity contribution is -0.137. The SMILES string of the molecule is CC(NC(=O)c1ccccc1C(F)(F)F)C(=O)NCc1ccccc1. The summed E-state index contributed by atoms with van der Waals surface area (Å²) < 4.78 is 38.9. The maximum absolute atomic E-state index is 13.0. The van der Waals surface area contributed by atoms with Crippen LogP contribution in [0.4, 0.5) is 13.2 Å². The highest BCUT2D eigenvalue weighted by atomic mass is 19.4. The highest BCUT2D eigenvalue weighted by molar-refractivity contribution is 5.98. The van der Waals surface area contributed by atoms with Crippen molar-refractivity contribution in [3.63, 3.8) is 0 Å². The fourth-order valence-corrected chi connectivity index (χ4v) is 2.21. The minimum Gasteiger partial charge on any atom is -0.350 e. The van der Waals surface area contributed by atoms with Gasteiger partial charge in [0, 0.05) is 6.54 Å². The van der Waals surface area contributed by atoms with Gasteiger partial charge in [0.2, 0.25) is 5.91 Å². The van der Waals surface area contributed by atoms with Crippen LogP contribution in [-0.2, 0) is 17.5 Å². The molecule has 1 atom stereocenters. The van der Waals surface area contributed by atoms with Gasteiger partial charge in [-0.1, -0.05) is 42.5 Å². The summed E-state index contributed by atoms with van der Waals surface area (Å²) in [7, 11) is 0. The van der Waals surface area contributed by atoms with Gasteiger partial charge in [0.15, 0.2) is 0 Å². The molecule has 0 aliphatic carbocycles. The highest BCUT2D eigenvalue weighted by Crippen LogP contribution is 2.31. The van der Waals surface area contributed by atoms with Gasteiger partial charge in [-0.2, -0.15) is 13.2 Å². The van der Waals surface area contributed by atoms with E-state index in [9.17, 15) is 22.8 Å². The molecule has 0 saturated carbocycles. The Kier molecular flexibility index (Phi) is 5.80. The first-order valence-corrected chi connectivity index (χ1v) is 7.58. The molecule has 4 nitrogen and oxygen atoms in total. The van der Waals surface area contributed by atoms with Crippen LogP contribution in [-0.4, -0.2) is 17.9 Å². The van der Waals surface area contributed by atoms with Crippen LogP contribution in [0.1, 0.15) is 28.4 Å². The Hall–Kier alpha value is -2.83. The van der Waals surface area contributed by atoms with Gasteiger partial charge < -0.3 is 10.6 Å². The van der Waals surface area contributed by atoms with Crippen molar-refractivity contribution in [2.75, 3.05) is 0 Å². The van der Waals surface area contributed by atoms with E-state index < -0.39 is 35.2 Å². The van der Waals surface area contributed by atoms with Crippen molar-refractivity contribution in [2.45, 2.75) is 25.7 Å². The first kappa shape index (κ1) is 18.5. The third kappa shape index (κ3) is 5.07. The number of alkyl halides is 3. The summed E-state index contributed by atoms with van der Waals surface area (Å²) in [5.74, 6) is -1.43. The van der Waals surface area contributed by atoms with Crippen LogP contribution in [0.3, 0.4) is 0 Å². The van der Waals surface area contributed by atoms with Crippen molar-refractivity contribution in [1.82, 2.24) is 10.6 Å². The second-order valence-corrected chi connectivity index (χ2v) is 5.44. The molecule has 0 heterocycles.